The molecule has 140 valence electrons. The normalized spacial score (nSPS) is 10.6. The zero-order chi connectivity index (χ0) is 19.2. The van der Waals surface area contributed by atoms with Crippen molar-refractivity contribution in [1.29, 1.82) is 0 Å². The second-order valence-electron chi connectivity index (χ2n) is 5.81. The van der Waals surface area contributed by atoms with Crippen molar-refractivity contribution in [3.05, 3.63) is 63.0 Å². The van der Waals surface area contributed by atoms with Gasteiger partial charge in [0.25, 0.3) is 5.91 Å². The average Bonchev–Trinajstić information content (AvgIpc) is 3.28. The van der Waals surface area contributed by atoms with Crippen molar-refractivity contribution in [2.45, 2.75) is 13.3 Å². The van der Waals surface area contributed by atoms with Crippen LogP contribution in [0, 0.1) is 12.7 Å². The predicted octanol–water partition coefficient (Wildman–Crippen LogP) is 3.41. The van der Waals surface area contributed by atoms with E-state index in [-0.39, 0.29) is 18.0 Å². The molecule has 3 rings (SSSR count). The fourth-order valence-corrected chi connectivity index (χ4v) is 4.06. The van der Waals surface area contributed by atoms with Crippen molar-refractivity contribution in [3.63, 3.8) is 0 Å². The smallest absolute Gasteiger partial charge is 0.251 e. The number of amides is 2. The molecule has 0 aliphatic rings. The molecule has 1 aromatic carbocycles. The molecule has 2 aromatic heterocycles. The molecule has 0 unspecified atom stereocenters. The lowest BCUT2D eigenvalue weighted by atomic mass is 10.2. The molecule has 5 nitrogen and oxygen atoms in total. The highest BCUT2D eigenvalue weighted by Crippen LogP contribution is 2.29. The molecule has 0 aliphatic carbocycles. The van der Waals surface area contributed by atoms with E-state index < -0.39 is 11.7 Å². The third-order valence-corrected chi connectivity index (χ3v) is 5.66. The summed E-state index contributed by atoms with van der Waals surface area (Å²) in [7, 11) is 0. The van der Waals surface area contributed by atoms with E-state index in [1.54, 1.807) is 22.7 Å². The van der Waals surface area contributed by atoms with Gasteiger partial charge in [0.1, 0.15) is 5.82 Å². The molecule has 0 atom stereocenters. The number of aryl methyl sites for hydroxylation is 1. The second-order valence-corrected chi connectivity index (χ2v) is 8.04. The van der Waals surface area contributed by atoms with Crippen LogP contribution in [0.1, 0.15) is 20.2 Å². The first-order valence-electron chi connectivity index (χ1n) is 8.33. The fraction of sp³-hybridized carbons (Fsp3) is 0.211. The minimum Gasteiger partial charge on any atom is -0.354 e. The van der Waals surface area contributed by atoms with Crippen molar-refractivity contribution in [1.82, 2.24) is 15.6 Å². The van der Waals surface area contributed by atoms with Gasteiger partial charge >= 0.3 is 0 Å². The number of thiophene rings is 1. The van der Waals surface area contributed by atoms with Crippen LogP contribution in [0.15, 0.2) is 41.8 Å². The Balaban J connectivity index is 1.41. The molecule has 0 bridgehead atoms. The Morgan fingerprint density at radius 3 is 2.78 bits per heavy atom. The molecule has 0 radical (unpaired) electrons. The molecular formula is C19H18FN3O2S2. The molecule has 27 heavy (non-hydrogen) atoms. The van der Waals surface area contributed by atoms with Crippen LogP contribution in [0.3, 0.4) is 0 Å². The van der Waals surface area contributed by atoms with E-state index in [4.69, 9.17) is 0 Å². The van der Waals surface area contributed by atoms with E-state index in [0.29, 0.717) is 13.0 Å². The zero-order valence-corrected chi connectivity index (χ0v) is 16.3. The summed E-state index contributed by atoms with van der Waals surface area (Å²) in [5, 5.41) is 8.32. The summed E-state index contributed by atoms with van der Waals surface area (Å²) < 4.78 is 13.1. The summed E-state index contributed by atoms with van der Waals surface area (Å²) in [6, 6.07) is 9.41. The largest absolute Gasteiger partial charge is 0.354 e. The third kappa shape index (κ3) is 5.45. The SMILES string of the molecule is Cc1nc(-c2ccc(CCNC(=O)CNC(=O)c3cccc(F)c3)s2)cs1. The minimum atomic E-state index is -0.491. The van der Waals surface area contributed by atoms with E-state index in [2.05, 4.69) is 15.6 Å². The molecule has 8 heteroatoms. The van der Waals surface area contributed by atoms with Gasteiger partial charge in [0.15, 0.2) is 0 Å². The summed E-state index contributed by atoms with van der Waals surface area (Å²) >= 11 is 3.28. The Morgan fingerprint density at radius 2 is 2.04 bits per heavy atom. The maximum atomic E-state index is 13.1. The predicted molar refractivity (Wildman–Crippen MR) is 106 cm³/mol. The Labute approximate surface area is 164 Å². The molecule has 2 N–H and O–H groups in total. The average molecular weight is 404 g/mol. The van der Waals surface area contributed by atoms with Crippen LogP contribution in [0.5, 0.6) is 0 Å². The van der Waals surface area contributed by atoms with Gasteiger partial charge in [-0.15, -0.1) is 22.7 Å². The molecular weight excluding hydrogens is 385 g/mol. The number of halogens is 1. The summed E-state index contributed by atoms with van der Waals surface area (Å²) in [6.45, 7) is 2.30. The van der Waals surface area contributed by atoms with Crippen molar-refractivity contribution in [3.8, 4) is 10.6 Å². The monoisotopic (exact) mass is 403 g/mol. The molecule has 0 saturated heterocycles. The van der Waals surface area contributed by atoms with E-state index in [9.17, 15) is 14.0 Å². The summed E-state index contributed by atoms with van der Waals surface area (Å²) in [5.41, 5.74) is 1.17. The van der Waals surface area contributed by atoms with E-state index in [0.717, 1.165) is 26.5 Å². The van der Waals surface area contributed by atoms with Crippen LogP contribution in [-0.2, 0) is 11.2 Å². The van der Waals surface area contributed by atoms with Gasteiger partial charge in [-0.2, -0.15) is 0 Å². The molecule has 0 aliphatic heterocycles. The van der Waals surface area contributed by atoms with Gasteiger partial charge < -0.3 is 10.6 Å². The molecule has 0 fully saturated rings. The third-order valence-electron chi connectivity index (χ3n) is 3.72. The first kappa shape index (κ1) is 19.2. The Hall–Kier alpha value is -2.58. The van der Waals surface area contributed by atoms with E-state index in [1.165, 1.54) is 18.2 Å². The van der Waals surface area contributed by atoms with Crippen LogP contribution in [-0.4, -0.2) is 29.9 Å². The second kappa shape index (κ2) is 8.88. The van der Waals surface area contributed by atoms with Crippen LogP contribution < -0.4 is 10.6 Å². The van der Waals surface area contributed by atoms with Gasteiger partial charge in [-0.25, -0.2) is 9.37 Å². The van der Waals surface area contributed by atoms with Gasteiger partial charge in [-0.1, -0.05) is 6.07 Å². The number of benzene rings is 1. The van der Waals surface area contributed by atoms with Crippen molar-refractivity contribution in [2.75, 3.05) is 13.1 Å². The van der Waals surface area contributed by atoms with Gasteiger partial charge in [0.05, 0.1) is 22.1 Å². The molecule has 0 saturated carbocycles. The maximum Gasteiger partial charge on any atom is 0.251 e. The van der Waals surface area contributed by atoms with E-state index >= 15 is 0 Å². The number of hydrogen-bond donors (Lipinski definition) is 2. The number of aromatic nitrogens is 1. The van der Waals surface area contributed by atoms with Crippen molar-refractivity contribution < 1.29 is 14.0 Å². The van der Waals surface area contributed by atoms with Gasteiger partial charge in [0, 0.05) is 22.4 Å². The number of carbonyl (C=O) groups excluding carboxylic acids is 2. The molecule has 2 heterocycles. The van der Waals surface area contributed by atoms with Gasteiger partial charge in [-0.3, -0.25) is 9.59 Å². The van der Waals surface area contributed by atoms with Crippen LogP contribution in [0.2, 0.25) is 0 Å². The fourth-order valence-electron chi connectivity index (χ4n) is 2.41. The van der Waals surface area contributed by atoms with Crippen LogP contribution in [0.4, 0.5) is 4.39 Å². The summed E-state index contributed by atoms with van der Waals surface area (Å²) in [5.74, 6) is -1.26. The standard InChI is InChI=1S/C19H18FN3O2S2/c1-12-23-16(11-26-12)17-6-5-15(27-17)7-8-21-18(24)10-22-19(25)13-3-2-4-14(20)9-13/h2-6,9,11H,7-8,10H2,1H3,(H,21,24)(H,22,25). The number of carbonyl (C=O) groups is 2. The Kier molecular flexibility index (Phi) is 6.31. The number of nitrogens with zero attached hydrogens (tertiary/aromatic N) is 1. The van der Waals surface area contributed by atoms with Gasteiger partial charge in [-0.05, 0) is 43.7 Å². The number of nitrogens with one attached hydrogen (secondary N) is 2. The minimum absolute atomic E-state index is 0.150. The highest BCUT2D eigenvalue weighted by atomic mass is 32.1. The number of rotatable bonds is 7. The van der Waals surface area contributed by atoms with Crippen molar-refractivity contribution >= 4 is 34.5 Å². The topological polar surface area (TPSA) is 71.1 Å². The highest BCUT2D eigenvalue weighted by molar-refractivity contribution is 7.16. The highest BCUT2D eigenvalue weighted by Gasteiger charge is 2.09. The zero-order valence-electron chi connectivity index (χ0n) is 14.6. The first-order valence-corrected chi connectivity index (χ1v) is 10.0. The Bertz CT molecular complexity index is 952. The number of thiazole rings is 1. The van der Waals surface area contributed by atoms with Crippen LogP contribution >= 0.6 is 22.7 Å². The van der Waals surface area contributed by atoms with E-state index in [1.807, 2.05) is 24.4 Å². The lowest BCUT2D eigenvalue weighted by molar-refractivity contribution is -0.120. The quantitative estimate of drug-likeness (QED) is 0.635. The molecule has 2 amide bonds. The summed E-state index contributed by atoms with van der Waals surface area (Å²) in [4.78, 5) is 30.5. The molecule has 0 spiro atoms. The lowest BCUT2D eigenvalue weighted by Gasteiger charge is -2.06. The molecule has 3 aromatic rings. The first-order chi connectivity index (χ1) is 13.0. The van der Waals surface area contributed by atoms with Gasteiger partial charge in [0.2, 0.25) is 5.91 Å². The number of hydrogen-bond acceptors (Lipinski definition) is 5. The lowest BCUT2D eigenvalue weighted by Crippen LogP contribution is -2.37. The van der Waals surface area contributed by atoms with Crippen molar-refractivity contribution in [2.24, 2.45) is 0 Å². The Morgan fingerprint density at radius 1 is 1.19 bits per heavy atom. The maximum absolute atomic E-state index is 13.1. The van der Waals surface area contributed by atoms with Crippen LogP contribution in [0.25, 0.3) is 10.6 Å². The summed E-state index contributed by atoms with van der Waals surface area (Å²) in [6.07, 6.45) is 0.706.